The summed E-state index contributed by atoms with van der Waals surface area (Å²) >= 11 is 15.7. The minimum Gasteiger partial charge on any atom is -0.343 e. The number of aryl methyl sites for hydroxylation is 2. The van der Waals surface area contributed by atoms with Crippen molar-refractivity contribution in [3.05, 3.63) is 260 Å². The van der Waals surface area contributed by atoms with Crippen molar-refractivity contribution in [3.8, 4) is 0 Å². The number of hydrogen-bond donors (Lipinski definition) is 2. The Morgan fingerprint density at radius 3 is 1.35 bits per heavy atom. The number of anilines is 5. The van der Waals surface area contributed by atoms with Gasteiger partial charge in [-0.05, 0) is 113 Å². The van der Waals surface area contributed by atoms with Crippen molar-refractivity contribution in [2.24, 2.45) is 47.3 Å². The molecule has 1 aliphatic heterocycles. The Hall–Kier alpha value is -8.61. The number of aliphatic imine (C=N–C) groups is 1. The number of imidazole rings is 2. The van der Waals surface area contributed by atoms with Gasteiger partial charge in [0, 0.05) is 91.6 Å². The lowest BCUT2D eigenvalue weighted by atomic mass is 10.2. The molecule has 6 aromatic carbocycles. The Bertz CT molecular complexity index is 5310. The third-order valence-corrected chi connectivity index (χ3v) is 17.4. The summed E-state index contributed by atoms with van der Waals surface area (Å²) in [6, 6.07) is 37.2. The van der Waals surface area contributed by atoms with Crippen molar-refractivity contribution < 1.29 is 39.5 Å². The van der Waals surface area contributed by atoms with Gasteiger partial charge in [-0.2, -0.15) is 49.5 Å². The van der Waals surface area contributed by atoms with Crippen molar-refractivity contribution in [2.45, 2.75) is 43.4 Å². The zero-order valence-corrected chi connectivity index (χ0v) is 62.3. The van der Waals surface area contributed by atoms with Gasteiger partial charge in [-0.1, -0.05) is 141 Å². The van der Waals surface area contributed by atoms with Gasteiger partial charge in [0.15, 0.2) is 22.3 Å². The summed E-state index contributed by atoms with van der Waals surface area (Å²) in [6.07, 6.45) is -13.3. The number of alkyl halides is 11. The van der Waals surface area contributed by atoms with E-state index in [1.54, 1.807) is 16.2 Å². The molecule has 6 heterocycles. The molecule has 0 bridgehead atoms. The summed E-state index contributed by atoms with van der Waals surface area (Å²) in [6.45, 7) is 0.409. The number of nitrogens with one attached hydrogen (secondary N) is 2. The summed E-state index contributed by atoms with van der Waals surface area (Å²) in [5, 5.41) is 6.58. The highest BCUT2D eigenvalue weighted by Gasteiger charge is 2.34. The molecule has 5 aromatic heterocycles. The first-order chi connectivity index (χ1) is 47.0. The number of amidine groups is 1. The van der Waals surface area contributed by atoms with Gasteiger partial charge in [-0.3, -0.25) is 50.9 Å². The Morgan fingerprint density at radius 2 is 0.880 bits per heavy atom. The highest BCUT2D eigenvalue weighted by molar-refractivity contribution is 14.1. The topological polar surface area (TPSA) is 207 Å². The monoisotopic (exact) mass is 1760 g/mol. The van der Waals surface area contributed by atoms with Gasteiger partial charge in [-0.15, -0.1) is 0 Å². The molecule has 0 saturated heterocycles. The molecule has 0 saturated carbocycles. The molecule has 20 nitrogen and oxygen atoms in total. The molecule has 1 aliphatic rings. The third-order valence-electron chi connectivity index (χ3n) is 15.3. The summed E-state index contributed by atoms with van der Waals surface area (Å²) in [7, 11) is 10.1. The normalized spacial score (nSPS) is 11.9. The van der Waals surface area contributed by atoms with Crippen LogP contribution < -0.4 is 49.3 Å². The van der Waals surface area contributed by atoms with E-state index in [9.17, 15) is 68.3 Å². The summed E-state index contributed by atoms with van der Waals surface area (Å²) in [5.74, 6) is 0.889. The number of hydrogen-bond acceptors (Lipinski definition) is 12. The van der Waals surface area contributed by atoms with E-state index < -0.39 is 69.0 Å². The number of aromatic nitrogens is 10. The van der Waals surface area contributed by atoms with E-state index in [0.29, 0.717) is 11.4 Å². The van der Waals surface area contributed by atoms with E-state index in [1.807, 2.05) is 65.6 Å². The molecule has 11 aromatic rings. The molecule has 34 heteroatoms. The van der Waals surface area contributed by atoms with Gasteiger partial charge < -0.3 is 15.5 Å². The number of rotatable bonds is 10. The molecular weight excluding hydrogens is 1700 g/mol. The minimum absolute atomic E-state index is 0.117. The first-order valence-electron chi connectivity index (χ1n) is 29.2. The van der Waals surface area contributed by atoms with Crippen LogP contribution in [0.1, 0.15) is 38.9 Å². The van der Waals surface area contributed by atoms with Gasteiger partial charge in [0.2, 0.25) is 11.9 Å². The highest BCUT2D eigenvalue weighted by atomic mass is 127. The van der Waals surface area contributed by atoms with E-state index in [0.717, 1.165) is 80.0 Å². The fourth-order valence-electron chi connectivity index (χ4n) is 10.2. The van der Waals surface area contributed by atoms with Gasteiger partial charge in [0.05, 0.1) is 35.3 Å². The van der Waals surface area contributed by atoms with Crippen LogP contribution >= 0.6 is 86.3 Å². The van der Waals surface area contributed by atoms with Crippen LogP contribution in [0.2, 0.25) is 0 Å². The quantitative estimate of drug-likeness (QED) is 0.0748. The SMILES string of the molecule is BrCc1cccc(Br)c1.CI.CN(c1cccc(C(F)(F)F)c1)c1nc2c(c(=O)n(C)c(=O)n2C)n1Cc1cccc(Br)c1.Cn1c(=O)c2c(nc(Nc3cccc(C(F)(F)F)c3)n2Cc2cccc(Br)c2)n(C)c1=O.Cn1c2c(c(=O)n(C)c1=O)CC(Nc1cccc(C(F)(F)F)c1)=N2. The van der Waals surface area contributed by atoms with Crippen LogP contribution in [-0.2, 0) is 85.7 Å². The number of benzene rings is 6. The Balaban J connectivity index is 0.000000179. The molecule has 0 radical (unpaired) electrons. The van der Waals surface area contributed by atoms with Crippen LogP contribution in [0.15, 0.2) is 193 Å². The minimum atomic E-state index is -4.51. The number of fused-ring (bicyclic) bond motifs is 3. The average Bonchev–Trinajstić information content (AvgIpc) is 1.61. The van der Waals surface area contributed by atoms with Crippen molar-refractivity contribution in [2.75, 3.05) is 27.5 Å². The Kier molecular flexibility index (Phi) is 24.6. The van der Waals surface area contributed by atoms with Crippen LogP contribution in [0.25, 0.3) is 22.3 Å². The van der Waals surface area contributed by atoms with Gasteiger partial charge in [0.1, 0.15) is 11.7 Å². The summed E-state index contributed by atoms with van der Waals surface area (Å²) < 4.78 is 130. The van der Waals surface area contributed by atoms with E-state index in [1.165, 1.54) is 103 Å². The molecule has 0 amide bonds. The zero-order valence-electron chi connectivity index (χ0n) is 53.8. The van der Waals surface area contributed by atoms with Crippen molar-refractivity contribution in [1.29, 1.82) is 0 Å². The van der Waals surface area contributed by atoms with Crippen LogP contribution in [0.4, 0.5) is 74.3 Å². The Morgan fingerprint density at radius 1 is 0.480 bits per heavy atom. The molecule has 0 unspecified atom stereocenters. The summed E-state index contributed by atoms with van der Waals surface area (Å²) in [5.41, 5.74) is -1.11. The van der Waals surface area contributed by atoms with E-state index in [-0.39, 0.29) is 76.6 Å². The first-order valence-corrected chi connectivity index (χ1v) is 34.9. The fourth-order valence-corrected chi connectivity index (χ4v) is 11.9. The molecular formula is C66H58Br4F9IN14O6. The van der Waals surface area contributed by atoms with Crippen molar-refractivity contribution in [3.63, 3.8) is 0 Å². The maximum Gasteiger partial charge on any atom is 0.416 e. The number of halogens is 14. The van der Waals surface area contributed by atoms with E-state index in [2.05, 4.69) is 124 Å². The van der Waals surface area contributed by atoms with Crippen LogP contribution in [-0.4, -0.2) is 64.3 Å². The van der Waals surface area contributed by atoms with Gasteiger partial charge >= 0.3 is 35.6 Å². The third kappa shape index (κ3) is 17.6. The summed E-state index contributed by atoms with van der Waals surface area (Å²) in [4.78, 5) is 91.3. The molecule has 12 rings (SSSR count). The second-order valence-electron chi connectivity index (χ2n) is 22.1. The highest BCUT2D eigenvalue weighted by Crippen LogP contribution is 2.36. The first kappa shape index (κ1) is 77.1. The maximum absolute atomic E-state index is 13.3. The van der Waals surface area contributed by atoms with Crippen LogP contribution in [0.5, 0.6) is 0 Å². The van der Waals surface area contributed by atoms with Crippen LogP contribution in [0, 0.1) is 0 Å². The predicted molar refractivity (Wildman–Crippen MR) is 391 cm³/mol. The largest absolute Gasteiger partial charge is 0.416 e. The predicted octanol–water partition coefficient (Wildman–Crippen LogP) is 14.2. The lowest BCUT2D eigenvalue weighted by Gasteiger charge is -2.21. The molecule has 526 valence electrons. The molecule has 2 N–H and O–H groups in total. The van der Waals surface area contributed by atoms with Crippen molar-refractivity contribution >= 4 is 149 Å². The van der Waals surface area contributed by atoms with E-state index in [4.69, 9.17) is 0 Å². The standard InChI is InChI=1S/C22H19BrF3N5O2.C21H17BrF3N5O2.C15H13F3N4O2.C7H6Br2.CH3I/c1-28(16-9-5-7-14(11-16)22(24,25)26)20-27-18-17(19(32)30(3)21(33)29(18)2)31(20)12-13-6-4-8-15(23)10-13;1-28-17-16(18(31)29(2)20(28)32)30(11-12-5-3-7-14(22)9-12)19(27-17)26-15-8-4-6-13(10-15)21(23,24)25;1-21-12-10(13(23)22(2)14(21)24)7-11(20-12)19-9-5-3-4-8(6-9)15(16,17)18;8-5-6-2-1-3-7(9)4-6;1-2/h4-11H,12H2,1-3H3;3-10H,11H2,1-2H3,(H,26,27);3-6H,7H2,1-2H3,(H,19,20);1-4H,5H2;1H3. The van der Waals surface area contributed by atoms with Crippen molar-refractivity contribution in [1.82, 2.24) is 46.5 Å². The molecule has 0 aliphatic carbocycles. The zero-order chi connectivity index (χ0) is 73.6. The second-order valence-corrected chi connectivity index (χ2v) is 25.4. The lowest BCUT2D eigenvalue weighted by molar-refractivity contribution is -0.138. The van der Waals surface area contributed by atoms with E-state index >= 15 is 0 Å². The number of nitrogens with zero attached hydrogens (tertiary/aromatic N) is 12. The average molecular weight is 1760 g/mol. The fraction of sp³-hybridized carbons (Fsp3) is 0.227. The lowest BCUT2D eigenvalue weighted by Crippen LogP contribution is -2.38. The molecule has 0 spiro atoms. The Labute approximate surface area is 609 Å². The smallest absolute Gasteiger partial charge is 0.343 e. The maximum atomic E-state index is 13.3. The molecule has 0 atom stereocenters. The van der Waals surface area contributed by atoms with Gasteiger partial charge in [0.25, 0.3) is 16.7 Å². The van der Waals surface area contributed by atoms with Crippen LogP contribution in [0.3, 0.4) is 0 Å². The second kappa shape index (κ2) is 31.9. The molecule has 100 heavy (non-hydrogen) atoms. The van der Waals surface area contributed by atoms with Gasteiger partial charge in [-0.25, -0.2) is 19.4 Å². The molecule has 0 fully saturated rings.